The third-order valence-electron chi connectivity index (χ3n) is 6.25. The molecule has 166 valence electrons. The van der Waals surface area contributed by atoms with Crippen molar-refractivity contribution in [2.45, 2.75) is 33.1 Å². The van der Waals surface area contributed by atoms with Crippen LogP contribution in [0.25, 0.3) is 5.57 Å². The monoisotopic (exact) mass is 431 g/mol. The van der Waals surface area contributed by atoms with Crippen molar-refractivity contribution in [2.75, 3.05) is 25.0 Å². The summed E-state index contributed by atoms with van der Waals surface area (Å²) < 4.78 is 0. The van der Waals surface area contributed by atoms with E-state index in [4.69, 9.17) is 0 Å². The summed E-state index contributed by atoms with van der Waals surface area (Å²) in [5.74, 6) is -0.0319. The van der Waals surface area contributed by atoms with Crippen molar-refractivity contribution < 1.29 is 14.4 Å². The lowest BCUT2D eigenvalue weighted by Crippen LogP contribution is -2.39. The van der Waals surface area contributed by atoms with Gasteiger partial charge in [-0.2, -0.15) is 0 Å². The number of likely N-dealkylation sites (tertiary alicyclic amines) is 1. The Labute approximate surface area is 188 Å². The molecule has 0 spiro atoms. The van der Waals surface area contributed by atoms with Crippen LogP contribution in [0.4, 0.5) is 5.69 Å². The Morgan fingerprint density at radius 1 is 0.969 bits per heavy atom. The molecule has 1 fully saturated rings. The summed E-state index contributed by atoms with van der Waals surface area (Å²) in [7, 11) is 0. The maximum absolute atomic E-state index is 13.2. The highest BCUT2D eigenvalue weighted by atomic mass is 16.2. The molecule has 2 aromatic rings. The number of benzene rings is 2. The third-order valence-corrected chi connectivity index (χ3v) is 6.25. The lowest BCUT2D eigenvalue weighted by molar-refractivity contribution is -0.137. The van der Waals surface area contributed by atoms with Crippen molar-refractivity contribution in [3.05, 3.63) is 71.4 Å². The average Bonchev–Trinajstić information content (AvgIpc) is 3.04. The molecule has 1 N–H and O–H groups in total. The van der Waals surface area contributed by atoms with E-state index in [1.54, 1.807) is 24.3 Å². The maximum Gasteiger partial charge on any atom is 0.277 e. The van der Waals surface area contributed by atoms with Crippen LogP contribution in [0.15, 0.2) is 60.3 Å². The molecule has 0 aromatic heterocycles. The summed E-state index contributed by atoms with van der Waals surface area (Å²) in [4.78, 5) is 41.0. The Morgan fingerprint density at radius 2 is 1.62 bits per heavy atom. The molecule has 6 heteroatoms. The number of imide groups is 1. The summed E-state index contributed by atoms with van der Waals surface area (Å²) >= 11 is 0. The molecular weight excluding hydrogens is 402 g/mol. The molecule has 0 unspecified atom stereocenters. The fraction of sp³-hybridized carbons (Fsp3) is 0.346. The standard InChI is InChI=1S/C26H29N3O3/c1-3-29-25(31)23(21-9-11-22(12-10-21)27-18(2)30)24(26(29)32)28-15-13-20(14-16-28)17-19-7-5-4-6-8-19/h4-12,20H,3,13-17H2,1-2H3,(H,27,30). The Hall–Kier alpha value is -3.41. The Balaban J connectivity index is 1.56. The van der Waals surface area contributed by atoms with E-state index in [0.717, 1.165) is 32.4 Å². The van der Waals surface area contributed by atoms with Crippen LogP contribution in [0.5, 0.6) is 0 Å². The van der Waals surface area contributed by atoms with Crippen LogP contribution in [-0.2, 0) is 20.8 Å². The van der Waals surface area contributed by atoms with Crippen LogP contribution >= 0.6 is 0 Å². The number of nitrogens with one attached hydrogen (secondary N) is 1. The van der Waals surface area contributed by atoms with Crippen molar-refractivity contribution in [1.29, 1.82) is 0 Å². The molecule has 6 nitrogen and oxygen atoms in total. The second-order valence-electron chi connectivity index (χ2n) is 8.46. The summed E-state index contributed by atoms with van der Waals surface area (Å²) in [6, 6.07) is 17.6. The minimum atomic E-state index is -0.244. The van der Waals surface area contributed by atoms with E-state index in [-0.39, 0.29) is 17.7 Å². The number of likely N-dealkylation sites (N-methyl/N-ethyl adjacent to an activating group) is 1. The predicted octanol–water partition coefficient (Wildman–Crippen LogP) is 3.70. The van der Waals surface area contributed by atoms with Crippen LogP contribution < -0.4 is 5.32 Å². The smallest absolute Gasteiger partial charge is 0.277 e. The van der Waals surface area contributed by atoms with Gasteiger partial charge in [-0.25, -0.2) is 0 Å². The zero-order valence-corrected chi connectivity index (χ0v) is 18.6. The Bertz CT molecular complexity index is 1040. The van der Waals surface area contributed by atoms with E-state index in [1.165, 1.54) is 17.4 Å². The first-order chi connectivity index (χ1) is 15.5. The zero-order chi connectivity index (χ0) is 22.7. The second kappa shape index (κ2) is 9.39. The van der Waals surface area contributed by atoms with E-state index >= 15 is 0 Å². The van der Waals surface area contributed by atoms with Gasteiger partial charge in [0.25, 0.3) is 11.8 Å². The van der Waals surface area contributed by atoms with Crippen molar-refractivity contribution in [2.24, 2.45) is 5.92 Å². The molecule has 0 bridgehead atoms. The van der Waals surface area contributed by atoms with Gasteiger partial charge in [0.15, 0.2) is 0 Å². The quantitative estimate of drug-likeness (QED) is 0.708. The number of hydrogen-bond donors (Lipinski definition) is 1. The van der Waals surface area contributed by atoms with Crippen molar-refractivity contribution in [3.8, 4) is 0 Å². The molecular formula is C26H29N3O3. The molecule has 2 aliphatic heterocycles. The number of piperidine rings is 1. The number of amides is 3. The lowest BCUT2D eigenvalue weighted by Gasteiger charge is -2.34. The minimum Gasteiger partial charge on any atom is -0.366 e. The summed E-state index contributed by atoms with van der Waals surface area (Å²) in [6.07, 6.45) is 3.01. The zero-order valence-electron chi connectivity index (χ0n) is 18.6. The van der Waals surface area contributed by atoms with Crippen LogP contribution in [-0.4, -0.2) is 47.2 Å². The minimum absolute atomic E-state index is 0.152. The normalized spacial score (nSPS) is 17.3. The summed E-state index contributed by atoms with van der Waals surface area (Å²) in [5.41, 5.74) is 3.69. The fourth-order valence-corrected chi connectivity index (χ4v) is 4.64. The molecule has 0 radical (unpaired) electrons. The second-order valence-corrected chi connectivity index (χ2v) is 8.46. The molecule has 4 rings (SSSR count). The summed E-state index contributed by atoms with van der Waals surface area (Å²) in [5, 5.41) is 2.73. The predicted molar refractivity (Wildman–Crippen MR) is 125 cm³/mol. The molecule has 3 amide bonds. The highest BCUT2D eigenvalue weighted by Crippen LogP contribution is 2.34. The first kappa shape index (κ1) is 21.8. The topological polar surface area (TPSA) is 69.7 Å². The van der Waals surface area contributed by atoms with Crippen LogP contribution in [0.2, 0.25) is 0 Å². The first-order valence-corrected chi connectivity index (χ1v) is 11.2. The number of rotatable bonds is 6. The highest BCUT2D eigenvalue weighted by Gasteiger charge is 2.41. The lowest BCUT2D eigenvalue weighted by atomic mass is 9.89. The van der Waals surface area contributed by atoms with Gasteiger partial charge in [-0.3, -0.25) is 19.3 Å². The van der Waals surface area contributed by atoms with Crippen molar-refractivity contribution in [3.63, 3.8) is 0 Å². The fourth-order valence-electron chi connectivity index (χ4n) is 4.64. The molecule has 1 saturated heterocycles. The SMILES string of the molecule is CCN1C(=O)C(c2ccc(NC(C)=O)cc2)=C(N2CCC(Cc3ccccc3)CC2)C1=O. The van der Waals surface area contributed by atoms with Gasteiger partial charge in [0.2, 0.25) is 5.91 Å². The molecule has 0 saturated carbocycles. The summed E-state index contributed by atoms with van der Waals surface area (Å²) in [6.45, 7) is 5.14. The number of anilines is 1. The van der Waals surface area contributed by atoms with Gasteiger partial charge in [0.05, 0.1) is 5.57 Å². The van der Waals surface area contributed by atoms with Crippen LogP contribution in [0.1, 0.15) is 37.8 Å². The van der Waals surface area contributed by atoms with Crippen LogP contribution in [0, 0.1) is 5.92 Å². The molecule has 0 atom stereocenters. The van der Waals surface area contributed by atoms with Gasteiger partial charge in [0.1, 0.15) is 5.70 Å². The van der Waals surface area contributed by atoms with Gasteiger partial charge >= 0.3 is 0 Å². The van der Waals surface area contributed by atoms with E-state index in [9.17, 15) is 14.4 Å². The molecule has 0 aliphatic carbocycles. The molecule has 2 aliphatic rings. The highest BCUT2D eigenvalue weighted by molar-refractivity contribution is 6.35. The Kier molecular flexibility index (Phi) is 6.40. The van der Waals surface area contributed by atoms with Gasteiger partial charge in [-0.15, -0.1) is 0 Å². The average molecular weight is 432 g/mol. The van der Waals surface area contributed by atoms with Crippen molar-refractivity contribution in [1.82, 2.24) is 9.80 Å². The van der Waals surface area contributed by atoms with Gasteiger partial charge in [-0.05, 0) is 55.4 Å². The third kappa shape index (κ3) is 4.44. The molecule has 32 heavy (non-hydrogen) atoms. The van der Waals surface area contributed by atoms with Crippen molar-refractivity contribution >= 4 is 29.0 Å². The van der Waals surface area contributed by atoms with E-state index in [0.29, 0.717) is 35.0 Å². The Morgan fingerprint density at radius 3 is 2.22 bits per heavy atom. The molecule has 2 aromatic carbocycles. The van der Waals surface area contributed by atoms with Gasteiger partial charge < -0.3 is 10.2 Å². The van der Waals surface area contributed by atoms with Gasteiger partial charge in [0, 0.05) is 32.2 Å². The largest absolute Gasteiger partial charge is 0.366 e. The van der Waals surface area contributed by atoms with E-state index < -0.39 is 0 Å². The number of carbonyl (C=O) groups is 3. The maximum atomic E-state index is 13.2. The molecule has 2 heterocycles. The number of hydrogen-bond acceptors (Lipinski definition) is 4. The number of nitrogens with zero attached hydrogens (tertiary/aromatic N) is 2. The van der Waals surface area contributed by atoms with Gasteiger partial charge in [-0.1, -0.05) is 42.5 Å². The number of carbonyl (C=O) groups excluding carboxylic acids is 3. The first-order valence-electron chi connectivity index (χ1n) is 11.2. The van der Waals surface area contributed by atoms with Crippen LogP contribution in [0.3, 0.4) is 0 Å². The van der Waals surface area contributed by atoms with E-state index in [2.05, 4.69) is 34.5 Å². The van der Waals surface area contributed by atoms with E-state index in [1.807, 2.05) is 13.0 Å².